The SMILES string of the molecule is Cc1cc(N)nc(C)c1Cc1nn(Cc2cccc(-c3ccccc3)c2)cc1C(N)=O. The van der Waals surface area contributed by atoms with Crippen LogP contribution >= 0.6 is 0 Å². The van der Waals surface area contributed by atoms with Gasteiger partial charge in [0.1, 0.15) is 5.82 Å². The van der Waals surface area contributed by atoms with Gasteiger partial charge in [0, 0.05) is 18.3 Å². The number of rotatable bonds is 6. The highest BCUT2D eigenvalue weighted by Crippen LogP contribution is 2.22. The summed E-state index contributed by atoms with van der Waals surface area (Å²) in [6.07, 6.45) is 2.20. The largest absolute Gasteiger partial charge is 0.384 e. The van der Waals surface area contributed by atoms with E-state index in [0.717, 1.165) is 33.5 Å². The first-order chi connectivity index (χ1) is 14.9. The number of hydrogen-bond donors (Lipinski definition) is 2. The van der Waals surface area contributed by atoms with Crippen LogP contribution in [0.4, 0.5) is 5.82 Å². The van der Waals surface area contributed by atoms with Gasteiger partial charge < -0.3 is 11.5 Å². The van der Waals surface area contributed by atoms with E-state index in [1.54, 1.807) is 10.9 Å². The molecule has 0 radical (unpaired) electrons. The summed E-state index contributed by atoms with van der Waals surface area (Å²) in [7, 11) is 0. The van der Waals surface area contributed by atoms with Crippen molar-refractivity contribution < 1.29 is 4.79 Å². The lowest BCUT2D eigenvalue weighted by molar-refractivity contribution is 0.0999. The zero-order valence-electron chi connectivity index (χ0n) is 17.7. The number of pyridine rings is 1. The fraction of sp³-hybridized carbons (Fsp3) is 0.160. The van der Waals surface area contributed by atoms with Crippen LogP contribution in [0.2, 0.25) is 0 Å². The number of aromatic nitrogens is 3. The van der Waals surface area contributed by atoms with Crippen LogP contribution in [0.15, 0.2) is 66.9 Å². The second-order valence-corrected chi connectivity index (χ2v) is 7.72. The minimum absolute atomic E-state index is 0.426. The molecule has 1 amide bonds. The normalized spacial score (nSPS) is 10.9. The van der Waals surface area contributed by atoms with Crippen LogP contribution in [0.1, 0.15) is 38.4 Å². The van der Waals surface area contributed by atoms with E-state index in [4.69, 9.17) is 11.5 Å². The highest BCUT2D eigenvalue weighted by Gasteiger charge is 2.17. The molecule has 0 atom stereocenters. The predicted octanol–water partition coefficient (Wildman–Crippen LogP) is 3.88. The molecule has 0 bridgehead atoms. The van der Waals surface area contributed by atoms with Crippen molar-refractivity contribution in [1.29, 1.82) is 0 Å². The summed E-state index contributed by atoms with van der Waals surface area (Å²) in [6.45, 7) is 4.43. The second kappa shape index (κ2) is 8.44. The maximum atomic E-state index is 12.1. The number of hydrogen-bond acceptors (Lipinski definition) is 4. The van der Waals surface area contributed by atoms with E-state index >= 15 is 0 Å². The predicted molar refractivity (Wildman–Crippen MR) is 123 cm³/mol. The Morgan fingerprint density at radius 2 is 1.74 bits per heavy atom. The van der Waals surface area contributed by atoms with Gasteiger partial charge in [0.25, 0.3) is 5.91 Å². The number of carbonyl (C=O) groups is 1. The van der Waals surface area contributed by atoms with E-state index in [-0.39, 0.29) is 0 Å². The third-order valence-electron chi connectivity index (χ3n) is 5.40. The molecule has 0 spiro atoms. The maximum absolute atomic E-state index is 12.1. The number of benzene rings is 2. The van der Waals surface area contributed by atoms with Crippen LogP contribution in [0.25, 0.3) is 11.1 Å². The van der Waals surface area contributed by atoms with Crippen molar-refractivity contribution in [2.75, 3.05) is 5.73 Å². The number of carbonyl (C=O) groups excluding carboxylic acids is 1. The van der Waals surface area contributed by atoms with Gasteiger partial charge >= 0.3 is 0 Å². The Labute approximate surface area is 181 Å². The second-order valence-electron chi connectivity index (χ2n) is 7.72. The molecule has 31 heavy (non-hydrogen) atoms. The highest BCUT2D eigenvalue weighted by atomic mass is 16.1. The van der Waals surface area contributed by atoms with Gasteiger partial charge in [-0.05, 0) is 53.8 Å². The quantitative estimate of drug-likeness (QED) is 0.503. The minimum Gasteiger partial charge on any atom is -0.384 e. The number of aryl methyl sites for hydroxylation is 2. The van der Waals surface area contributed by atoms with E-state index in [2.05, 4.69) is 40.4 Å². The van der Waals surface area contributed by atoms with Gasteiger partial charge in [-0.3, -0.25) is 9.48 Å². The summed E-state index contributed by atoms with van der Waals surface area (Å²) in [5.41, 5.74) is 18.8. The summed E-state index contributed by atoms with van der Waals surface area (Å²) >= 11 is 0. The summed E-state index contributed by atoms with van der Waals surface area (Å²) in [5, 5.41) is 4.69. The fourth-order valence-corrected chi connectivity index (χ4v) is 3.87. The van der Waals surface area contributed by atoms with Gasteiger partial charge in [-0.1, -0.05) is 48.5 Å². The van der Waals surface area contributed by atoms with Crippen molar-refractivity contribution >= 4 is 11.7 Å². The summed E-state index contributed by atoms with van der Waals surface area (Å²) in [6, 6.07) is 20.4. The summed E-state index contributed by atoms with van der Waals surface area (Å²) < 4.78 is 1.77. The zero-order valence-corrected chi connectivity index (χ0v) is 17.7. The number of primary amides is 1. The van der Waals surface area contributed by atoms with Crippen molar-refractivity contribution in [3.05, 3.63) is 101 Å². The maximum Gasteiger partial charge on any atom is 0.252 e. The molecule has 0 aliphatic carbocycles. The van der Waals surface area contributed by atoms with Crippen LogP contribution in [0.5, 0.6) is 0 Å². The van der Waals surface area contributed by atoms with E-state index in [1.807, 2.05) is 44.2 Å². The molecule has 2 aromatic carbocycles. The lowest BCUT2D eigenvalue weighted by Crippen LogP contribution is -2.13. The lowest BCUT2D eigenvalue weighted by atomic mass is 10.0. The Kier molecular flexibility index (Phi) is 5.54. The minimum atomic E-state index is -0.488. The fourth-order valence-electron chi connectivity index (χ4n) is 3.87. The van der Waals surface area contributed by atoms with E-state index < -0.39 is 5.91 Å². The molecule has 0 unspecified atom stereocenters. The first-order valence-corrected chi connectivity index (χ1v) is 10.1. The molecule has 156 valence electrons. The zero-order chi connectivity index (χ0) is 22.0. The third-order valence-corrected chi connectivity index (χ3v) is 5.40. The Morgan fingerprint density at radius 3 is 2.45 bits per heavy atom. The molecule has 0 saturated carbocycles. The van der Waals surface area contributed by atoms with Crippen molar-refractivity contribution in [3.8, 4) is 11.1 Å². The topological polar surface area (TPSA) is 99.8 Å². The summed E-state index contributed by atoms with van der Waals surface area (Å²) in [5.74, 6) is -0.00398. The molecule has 6 heteroatoms. The van der Waals surface area contributed by atoms with Gasteiger partial charge in [-0.25, -0.2) is 4.98 Å². The van der Waals surface area contributed by atoms with Crippen molar-refractivity contribution in [1.82, 2.24) is 14.8 Å². The monoisotopic (exact) mass is 411 g/mol. The first kappa shape index (κ1) is 20.3. The van der Waals surface area contributed by atoms with Crippen LogP contribution in [0.3, 0.4) is 0 Å². The molecule has 0 aliphatic heterocycles. The number of nitrogen functional groups attached to an aromatic ring is 1. The number of nitrogens with two attached hydrogens (primary N) is 2. The molecule has 2 heterocycles. The average Bonchev–Trinajstić information content (AvgIpc) is 3.14. The van der Waals surface area contributed by atoms with E-state index in [0.29, 0.717) is 30.0 Å². The first-order valence-electron chi connectivity index (χ1n) is 10.1. The Morgan fingerprint density at radius 1 is 1.00 bits per heavy atom. The molecule has 4 N–H and O–H groups in total. The number of amides is 1. The van der Waals surface area contributed by atoms with E-state index in [1.165, 1.54) is 0 Å². The molecular weight excluding hydrogens is 386 g/mol. The Balaban J connectivity index is 1.64. The Bertz CT molecular complexity index is 1220. The van der Waals surface area contributed by atoms with Crippen LogP contribution in [-0.2, 0) is 13.0 Å². The molecule has 2 aromatic heterocycles. The molecule has 4 rings (SSSR count). The smallest absolute Gasteiger partial charge is 0.252 e. The summed E-state index contributed by atoms with van der Waals surface area (Å²) in [4.78, 5) is 16.4. The van der Waals surface area contributed by atoms with Gasteiger partial charge in [0.15, 0.2) is 0 Å². The standard InChI is InChI=1S/C25H25N5O/c1-16-11-24(26)28-17(2)21(16)13-23-22(25(27)31)15-30(29-23)14-18-7-6-10-20(12-18)19-8-4-3-5-9-19/h3-12,15H,13-14H2,1-2H3,(H2,26,28)(H2,27,31). The van der Waals surface area contributed by atoms with Crippen LogP contribution in [-0.4, -0.2) is 20.7 Å². The molecule has 0 fully saturated rings. The van der Waals surface area contributed by atoms with Crippen LogP contribution in [0, 0.1) is 13.8 Å². The molecular formula is C25H25N5O. The van der Waals surface area contributed by atoms with Gasteiger partial charge in [-0.2, -0.15) is 5.10 Å². The van der Waals surface area contributed by atoms with Gasteiger partial charge in [0.2, 0.25) is 0 Å². The van der Waals surface area contributed by atoms with E-state index in [9.17, 15) is 4.79 Å². The van der Waals surface area contributed by atoms with Crippen LogP contribution < -0.4 is 11.5 Å². The molecule has 0 saturated heterocycles. The third kappa shape index (κ3) is 4.48. The Hall–Kier alpha value is -3.93. The highest BCUT2D eigenvalue weighted by molar-refractivity contribution is 5.93. The van der Waals surface area contributed by atoms with Crippen molar-refractivity contribution in [2.45, 2.75) is 26.8 Å². The molecule has 6 nitrogen and oxygen atoms in total. The average molecular weight is 412 g/mol. The van der Waals surface area contributed by atoms with Gasteiger partial charge in [-0.15, -0.1) is 0 Å². The molecule has 4 aromatic rings. The lowest BCUT2D eigenvalue weighted by Gasteiger charge is -2.09. The molecule has 0 aliphatic rings. The van der Waals surface area contributed by atoms with Crippen molar-refractivity contribution in [3.63, 3.8) is 0 Å². The number of nitrogens with zero attached hydrogens (tertiary/aromatic N) is 3. The van der Waals surface area contributed by atoms with Gasteiger partial charge in [0.05, 0.1) is 17.8 Å². The van der Waals surface area contributed by atoms with Crippen molar-refractivity contribution in [2.24, 2.45) is 5.73 Å². The number of anilines is 1.